The summed E-state index contributed by atoms with van der Waals surface area (Å²) >= 11 is 0. The predicted molar refractivity (Wildman–Crippen MR) is 126 cm³/mol. The first-order chi connectivity index (χ1) is 16.0. The Morgan fingerprint density at radius 1 is 1.12 bits per heavy atom. The third-order valence-electron chi connectivity index (χ3n) is 6.23. The molecule has 4 aromatic rings. The molecule has 1 aliphatic heterocycles. The quantitative estimate of drug-likeness (QED) is 0.518. The molecule has 1 unspecified atom stereocenters. The molecule has 7 heteroatoms. The number of carbonyl (C=O) groups is 1. The number of hydrogen-bond donors (Lipinski definition) is 1. The smallest absolute Gasteiger partial charge is 0.276 e. The van der Waals surface area contributed by atoms with E-state index in [0.717, 1.165) is 23.2 Å². The zero-order valence-corrected chi connectivity index (χ0v) is 18.4. The second-order valence-corrected chi connectivity index (χ2v) is 8.58. The molecular formula is C26H23N5O2. The van der Waals surface area contributed by atoms with Crippen LogP contribution in [0.25, 0.3) is 16.9 Å². The van der Waals surface area contributed by atoms with Gasteiger partial charge in [0.1, 0.15) is 11.6 Å². The van der Waals surface area contributed by atoms with Gasteiger partial charge in [-0.05, 0) is 30.0 Å². The van der Waals surface area contributed by atoms with E-state index in [1.165, 1.54) is 10.7 Å². The zero-order chi connectivity index (χ0) is 23.1. The van der Waals surface area contributed by atoms with Crippen LogP contribution < -0.4 is 10.5 Å². The summed E-state index contributed by atoms with van der Waals surface area (Å²) in [6.45, 7) is 4.52. The highest BCUT2D eigenvalue weighted by atomic mass is 16.2. The monoisotopic (exact) mass is 437 g/mol. The van der Waals surface area contributed by atoms with Crippen LogP contribution in [0, 0.1) is 11.3 Å². The molecule has 2 aromatic carbocycles. The van der Waals surface area contributed by atoms with Crippen LogP contribution in [0.2, 0.25) is 0 Å². The fraction of sp³-hybridized carbons (Fsp3) is 0.231. The molecule has 0 bridgehead atoms. The van der Waals surface area contributed by atoms with Gasteiger partial charge in [-0.1, -0.05) is 56.3 Å². The van der Waals surface area contributed by atoms with Gasteiger partial charge >= 0.3 is 0 Å². The molecule has 0 radical (unpaired) electrons. The predicted octanol–water partition coefficient (Wildman–Crippen LogP) is 4.21. The van der Waals surface area contributed by atoms with Gasteiger partial charge in [0.05, 0.1) is 11.6 Å². The van der Waals surface area contributed by atoms with Crippen molar-refractivity contribution >= 4 is 17.2 Å². The Morgan fingerprint density at radius 3 is 2.64 bits per heavy atom. The van der Waals surface area contributed by atoms with Crippen LogP contribution in [-0.4, -0.2) is 27.0 Å². The van der Waals surface area contributed by atoms with Gasteiger partial charge < -0.3 is 4.90 Å². The SMILES string of the molecule is CC(C)c1c(-c2cccc(N3CCC(c4ccccc4)C3=O)c2)nc2c(C#N)c[nH]n2c1=O. The van der Waals surface area contributed by atoms with Crippen molar-refractivity contribution in [2.75, 3.05) is 11.4 Å². The minimum atomic E-state index is -0.224. The minimum absolute atomic E-state index is 0.0725. The van der Waals surface area contributed by atoms with Crippen LogP contribution in [0.5, 0.6) is 0 Å². The van der Waals surface area contributed by atoms with E-state index in [1.54, 1.807) is 4.90 Å². The number of nitrogens with zero attached hydrogens (tertiary/aromatic N) is 4. The Morgan fingerprint density at radius 2 is 1.91 bits per heavy atom. The summed E-state index contributed by atoms with van der Waals surface area (Å²) in [5, 5.41) is 12.3. The first kappa shape index (κ1) is 20.7. The highest BCUT2D eigenvalue weighted by Gasteiger charge is 2.33. The molecule has 1 atom stereocenters. The number of aromatic nitrogens is 3. The molecule has 3 heterocycles. The van der Waals surface area contributed by atoms with Crippen molar-refractivity contribution in [3.63, 3.8) is 0 Å². The molecule has 0 spiro atoms. The van der Waals surface area contributed by atoms with Crippen LogP contribution in [-0.2, 0) is 4.79 Å². The van der Waals surface area contributed by atoms with E-state index in [2.05, 4.69) is 11.2 Å². The maximum absolute atomic E-state index is 13.2. The lowest BCUT2D eigenvalue weighted by molar-refractivity contribution is -0.118. The van der Waals surface area contributed by atoms with Gasteiger partial charge in [0.2, 0.25) is 5.91 Å². The second kappa shape index (κ2) is 8.06. The summed E-state index contributed by atoms with van der Waals surface area (Å²) in [5.41, 5.74) is 4.04. The van der Waals surface area contributed by atoms with E-state index in [9.17, 15) is 14.9 Å². The molecular weight excluding hydrogens is 414 g/mol. The summed E-state index contributed by atoms with van der Waals surface area (Å²) in [5.74, 6) is -0.160. The first-order valence-electron chi connectivity index (χ1n) is 11.0. The molecule has 2 aromatic heterocycles. The molecule has 1 amide bonds. The lowest BCUT2D eigenvalue weighted by Crippen LogP contribution is -2.26. The van der Waals surface area contributed by atoms with Crippen LogP contribution in [0.4, 0.5) is 5.69 Å². The topological polar surface area (TPSA) is 94.3 Å². The third-order valence-corrected chi connectivity index (χ3v) is 6.23. The van der Waals surface area contributed by atoms with Gasteiger partial charge in [-0.2, -0.15) is 5.26 Å². The van der Waals surface area contributed by atoms with Gasteiger partial charge in [-0.3, -0.25) is 14.7 Å². The highest BCUT2D eigenvalue weighted by Crippen LogP contribution is 2.34. The summed E-state index contributed by atoms with van der Waals surface area (Å²) in [4.78, 5) is 32.9. The number of benzene rings is 2. The van der Waals surface area contributed by atoms with Crippen LogP contribution in [0.15, 0.2) is 65.6 Å². The van der Waals surface area contributed by atoms with Crippen molar-refractivity contribution in [1.29, 1.82) is 5.26 Å². The standard InChI is InChI=1S/C26H23N5O2/c1-16(2)22-23(29-24-19(14-27)15-28-31(24)26(22)33)18-9-6-10-20(13-18)30-12-11-21(25(30)32)17-7-4-3-5-8-17/h3-10,13,15-16,21,28H,11-12H2,1-2H3. The maximum Gasteiger partial charge on any atom is 0.276 e. The zero-order valence-electron chi connectivity index (χ0n) is 18.4. The van der Waals surface area contributed by atoms with E-state index >= 15 is 0 Å². The number of nitriles is 1. The summed E-state index contributed by atoms with van der Waals surface area (Å²) in [6, 6.07) is 19.5. The average Bonchev–Trinajstić information content (AvgIpc) is 3.42. The molecule has 7 nitrogen and oxygen atoms in total. The number of fused-ring (bicyclic) bond motifs is 1. The van der Waals surface area contributed by atoms with Gasteiger partial charge in [0.25, 0.3) is 5.56 Å². The molecule has 0 aliphatic carbocycles. The highest BCUT2D eigenvalue weighted by molar-refractivity contribution is 6.00. The normalized spacial score (nSPS) is 16.0. The van der Waals surface area contributed by atoms with Gasteiger partial charge in [0, 0.05) is 29.6 Å². The summed E-state index contributed by atoms with van der Waals surface area (Å²) < 4.78 is 1.32. The molecule has 0 saturated carbocycles. The number of aromatic amines is 1. The summed E-state index contributed by atoms with van der Waals surface area (Å²) in [6.07, 6.45) is 2.24. The molecule has 1 N–H and O–H groups in total. The summed E-state index contributed by atoms with van der Waals surface area (Å²) in [7, 11) is 0. The van der Waals surface area contributed by atoms with Crippen molar-refractivity contribution in [3.8, 4) is 17.3 Å². The van der Waals surface area contributed by atoms with E-state index in [1.807, 2.05) is 68.4 Å². The van der Waals surface area contributed by atoms with Crippen molar-refractivity contribution in [2.24, 2.45) is 0 Å². The number of H-pyrrole nitrogens is 1. The van der Waals surface area contributed by atoms with Crippen molar-refractivity contribution < 1.29 is 4.79 Å². The van der Waals surface area contributed by atoms with Crippen molar-refractivity contribution in [2.45, 2.75) is 32.1 Å². The van der Waals surface area contributed by atoms with Crippen LogP contribution in [0.1, 0.15) is 48.8 Å². The lowest BCUT2D eigenvalue weighted by Gasteiger charge is -2.19. The van der Waals surface area contributed by atoms with Crippen LogP contribution >= 0.6 is 0 Å². The fourth-order valence-electron chi connectivity index (χ4n) is 4.60. The van der Waals surface area contributed by atoms with Gasteiger partial charge in [-0.25, -0.2) is 9.50 Å². The van der Waals surface area contributed by atoms with E-state index in [0.29, 0.717) is 29.0 Å². The van der Waals surface area contributed by atoms with Gasteiger partial charge in [0.15, 0.2) is 5.65 Å². The molecule has 5 rings (SSSR count). The van der Waals surface area contributed by atoms with E-state index < -0.39 is 0 Å². The number of rotatable bonds is 4. The molecule has 1 fully saturated rings. The molecule has 1 aliphatic rings. The van der Waals surface area contributed by atoms with E-state index in [4.69, 9.17) is 4.98 Å². The maximum atomic E-state index is 13.2. The minimum Gasteiger partial charge on any atom is -0.312 e. The number of anilines is 1. The number of carbonyl (C=O) groups excluding carboxylic acids is 1. The first-order valence-corrected chi connectivity index (χ1v) is 11.0. The Kier molecular flexibility index (Phi) is 5.06. The van der Waals surface area contributed by atoms with Gasteiger partial charge in [-0.15, -0.1) is 0 Å². The van der Waals surface area contributed by atoms with Crippen molar-refractivity contribution in [1.82, 2.24) is 14.6 Å². The molecule has 164 valence electrons. The number of nitrogens with one attached hydrogen (secondary N) is 1. The van der Waals surface area contributed by atoms with Crippen LogP contribution in [0.3, 0.4) is 0 Å². The second-order valence-electron chi connectivity index (χ2n) is 8.58. The third kappa shape index (κ3) is 3.40. The number of hydrogen-bond acceptors (Lipinski definition) is 4. The van der Waals surface area contributed by atoms with E-state index in [-0.39, 0.29) is 23.3 Å². The fourth-order valence-corrected chi connectivity index (χ4v) is 4.60. The molecule has 1 saturated heterocycles. The largest absolute Gasteiger partial charge is 0.312 e. The Labute approximate surface area is 190 Å². The molecule has 33 heavy (non-hydrogen) atoms. The average molecular weight is 438 g/mol. The Hall–Kier alpha value is -4.18. The number of amides is 1. The lowest BCUT2D eigenvalue weighted by atomic mass is 9.97. The van der Waals surface area contributed by atoms with Crippen molar-refractivity contribution in [3.05, 3.63) is 87.8 Å². The Balaban J connectivity index is 1.59. The Bertz CT molecular complexity index is 1460.